The maximum absolute atomic E-state index is 11.6. The number of nitrogens with zero attached hydrogens (tertiary/aromatic N) is 4. The lowest BCUT2D eigenvalue weighted by Crippen LogP contribution is -2.36. The van der Waals surface area contributed by atoms with E-state index in [1.807, 2.05) is 42.1 Å². The Morgan fingerprint density at radius 1 is 1.43 bits per heavy atom. The normalized spacial score (nSPS) is 15.4. The van der Waals surface area contributed by atoms with Crippen LogP contribution in [-0.4, -0.2) is 49.2 Å². The highest BCUT2D eigenvalue weighted by Crippen LogP contribution is 2.31. The summed E-state index contributed by atoms with van der Waals surface area (Å²) < 4.78 is 0. The van der Waals surface area contributed by atoms with Gasteiger partial charge in [0.15, 0.2) is 0 Å². The van der Waals surface area contributed by atoms with Crippen LogP contribution in [0, 0.1) is 11.3 Å². The first kappa shape index (κ1) is 16.8. The van der Waals surface area contributed by atoms with Gasteiger partial charge in [-0.1, -0.05) is 12.6 Å². The summed E-state index contributed by atoms with van der Waals surface area (Å²) in [5.41, 5.74) is 2.42. The second-order valence-electron chi connectivity index (χ2n) is 5.90. The zero-order valence-electron chi connectivity index (χ0n) is 13.7. The van der Waals surface area contributed by atoms with Crippen LogP contribution in [0.5, 0.6) is 0 Å². The van der Waals surface area contributed by atoms with E-state index in [2.05, 4.69) is 17.6 Å². The fraction of sp³-hybridized carbons (Fsp3) is 0.389. The number of amides is 1. The van der Waals surface area contributed by atoms with Crippen LogP contribution >= 0.6 is 0 Å². The van der Waals surface area contributed by atoms with Gasteiger partial charge in [0.05, 0.1) is 17.6 Å². The Morgan fingerprint density at radius 2 is 2.13 bits per heavy atom. The molecule has 1 aliphatic heterocycles. The number of hydrogen-bond acceptors (Lipinski definition) is 3. The molecule has 0 unspecified atom stereocenters. The Bertz CT molecular complexity index is 649. The number of piperidine rings is 1. The van der Waals surface area contributed by atoms with Crippen LogP contribution in [0.15, 0.2) is 35.8 Å². The molecule has 1 aromatic carbocycles. The maximum Gasteiger partial charge on any atom is 0.245 e. The van der Waals surface area contributed by atoms with Crippen LogP contribution in [0.4, 0.5) is 5.69 Å². The van der Waals surface area contributed by atoms with Gasteiger partial charge in [0.25, 0.3) is 0 Å². The van der Waals surface area contributed by atoms with Crippen molar-refractivity contribution in [2.75, 3.05) is 27.2 Å². The lowest BCUT2D eigenvalue weighted by Gasteiger charge is -2.31. The van der Waals surface area contributed by atoms with Gasteiger partial charge in [-0.25, -0.2) is 4.99 Å². The summed E-state index contributed by atoms with van der Waals surface area (Å²) in [7, 11) is 3.78. The largest absolute Gasteiger partial charge is 0.369 e. The number of carbonyl (C=O) groups is 1. The molecule has 5 heteroatoms. The summed E-state index contributed by atoms with van der Waals surface area (Å²) >= 11 is 0. The number of likely N-dealkylation sites (tertiary alicyclic amines) is 1. The van der Waals surface area contributed by atoms with Gasteiger partial charge in [-0.15, -0.1) is 0 Å². The number of nitriles is 1. The summed E-state index contributed by atoms with van der Waals surface area (Å²) in [5, 5.41) is 9.35. The minimum absolute atomic E-state index is 0.00506. The number of hydrogen-bond donors (Lipinski definition) is 0. The number of benzene rings is 1. The molecule has 0 radical (unpaired) electrons. The SMILES string of the molecule is C=CC(=O)N1CCC(c2ccc(N=CN(C)C)c(C#N)c2)CC1. The van der Waals surface area contributed by atoms with Gasteiger partial charge in [0, 0.05) is 27.2 Å². The fourth-order valence-electron chi connectivity index (χ4n) is 2.75. The summed E-state index contributed by atoms with van der Waals surface area (Å²) in [6.07, 6.45) is 4.87. The van der Waals surface area contributed by atoms with Crippen molar-refractivity contribution >= 4 is 17.9 Å². The van der Waals surface area contributed by atoms with Gasteiger partial charge in [-0.2, -0.15) is 5.26 Å². The van der Waals surface area contributed by atoms with Crippen molar-refractivity contribution < 1.29 is 4.79 Å². The number of rotatable bonds is 4. The zero-order chi connectivity index (χ0) is 16.8. The quantitative estimate of drug-likeness (QED) is 0.488. The molecule has 1 fully saturated rings. The minimum Gasteiger partial charge on any atom is -0.369 e. The van der Waals surface area contributed by atoms with Crippen molar-refractivity contribution in [3.63, 3.8) is 0 Å². The Morgan fingerprint density at radius 3 is 2.70 bits per heavy atom. The van der Waals surface area contributed by atoms with Gasteiger partial charge in [0.1, 0.15) is 6.07 Å². The van der Waals surface area contributed by atoms with Crippen molar-refractivity contribution in [3.05, 3.63) is 42.0 Å². The van der Waals surface area contributed by atoms with E-state index in [1.54, 1.807) is 6.34 Å². The van der Waals surface area contributed by atoms with E-state index in [4.69, 9.17) is 0 Å². The highest BCUT2D eigenvalue weighted by molar-refractivity contribution is 5.87. The highest BCUT2D eigenvalue weighted by Gasteiger charge is 2.23. The molecule has 0 aliphatic carbocycles. The van der Waals surface area contributed by atoms with E-state index in [0.717, 1.165) is 31.5 Å². The van der Waals surface area contributed by atoms with E-state index in [9.17, 15) is 10.1 Å². The van der Waals surface area contributed by atoms with Gasteiger partial charge < -0.3 is 9.80 Å². The first-order chi connectivity index (χ1) is 11.0. The number of carbonyl (C=O) groups excluding carboxylic acids is 1. The molecule has 1 heterocycles. The summed E-state index contributed by atoms with van der Waals surface area (Å²) in [5.74, 6) is 0.373. The van der Waals surface area contributed by atoms with Crippen molar-refractivity contribution in [2.45, 2.75) is 18.8 Å². The molecule has 1 aliphatic rings. The van der Waals surface area contributed by atoms with E-state index in [0.29, 0.717) is 17.2 Å². The van der Waals surface area contributed by atoms with Gasteiger partial charge in [-0.05, 0) is 42.5 Å². The highest BCUT2D eigenvalue weighted by atomic mass is 16.2. The maximum atomic E-state index is 11.6. The summed E-state index contributed by atoms with van der Waals surface area (Å²) in [4.78, 5) is 19.6. The Kier molecular flexibility index (Phi) is 5.53. The molecule has 0 spiro atoms. The molecule has 0 N–H and O–H groups in total. The topological polar surface area (TPSA) is 59.7 Å². The second kappa shape index (κ2) is 7.59. The van der Waals surface area contributed by atoms with E-state index >= 15 is 0 Å². The first-order valence-corrected chi connectivity index (χ1v) is 7.71. The predicted octanol–water partition coefficient (Wildman–Crippen LogP) is 2.67. The molecule has 5 nitrogen and oxygen atoms in total. The third-order valence-electron chi connectivity index (χ3n) is 4.02. The Hall–Kier alpha value is -2.61. The van der Waals surface area contributed by atoms with Crippen molar-refractivity contribution in [3.8, 4) is 6.07 Å². The fourth-order valence-corrected chi connectivity index (χ4v) is 2.75. The monoisotopic (exact) mass is 310 g/mol. The van der Waals surface area contributed by atoms with Gasteiger partial charge in [0.2, 0.25) is 5.91 Å². The Labute approximate surface area is 137 Å². The van der Waals surface area contributed by atoms with Crippen LogP contribution in [-0.2, 0) is 4.79 Å². The molecule has 0 aromatic heterocycles. The molecule has 1 aromatic rings. The molecule has 0 bridgehead atoms. The van der Waals surface area contributed by atoms with E-state index in [1.165, 1.54) is 6.08 Å². The molecule has 1 amide bonds. The van der Waals surface area contributed by atoms with Crippen molar-refractivity contribution in [1.82, 2.24) is 9.80 Å². The van der Waals surface area contributed by atoms with Crippen LogP contribution < -0.4 is 0 Å². The van der Waals surface area contributed by atoms with Crippen LogP contribution in [0.1, 0.15) is 29.9 Å². The summed E-state index contributed by atoms with van der Waals surface area (Å²) in [6.45, 7) is 5.00. The average Bonchev–Trinajstić information content (AvgIpc) is 2.59. The van der Waals surface area contributed by atoms with Gasteiger partial charge >= 0.3 is 0 Å². The lowest BCUT2D eigenvalue weighted by molar-refractivity contribution is -0.127. The van der Waals surface area contributed by atoms with Crippen LogP contribution in [0.25, 0.3) is 0 Å². The zero-order valence-corrected chi connectivity index (χ0v) is 13.7. The van der Waals surface area contributed by atoms with Crippen molar-refractivity contribution in [2.24, 2.45) is 4.99 Å². The van der Waals surface area contributed by atoms with Gasteiger partial charge in [-0.3, -0.25) is 4.79 Å². The molecule has 0 atom stereocenters. The molecule has 1 saturated heterocycles. The first-order valence-electron chi connectivity index (χ1n) is 7.71. The van der Waals surface area contributed by atoms with Crippen LogP contribution in [0.3, 0.4) is 0 Å². The molecule has 23 heavy (non-hydrogen) atoms. The van der Waals surface area contributed by atoms with E-state index in [-0.39, 0.29) is 5.91 Å². The Balaban J connectivity index is 2.12. The van der Waals surface area contributed by atoms with E-state index < -0.39 is 0 Å². The molecule has 0 saturated carbocycles. The predicted molar refractivity (Wildman–Crippen MR) is 91.7 cm³/mol. The molecular weight excluding hydrogens is 288 g/mol. The average molecular weight is 310 g/mol. The third-order valence-corrected chi connectivity index (χ3v) is 4.02. The van der Waals surface area contributed by atoms with Crippen molar-refractivity contribution in [1.29, 1.82) is 5.26 Å². The van der Waals surface area contributed by atoms with Crippen LogP contribution in [0.2, 0.25) is 0 Å². The standard InChI is InChI=1S/C18H22N4O/c1-4-18(23)22-9-7-14(8-10-22)15-5-6-17(16(11-15)12-19)20-13-21(2)3/h4-6,11,13-14H,1,7-10H2,2-3H3. The lowest BCUT2D eigenvalue weighted by atomic mass is 9.88. The molecule has 120 valence electrons. The second-order valence-corrected chi connectivity index (χ2v) is 5.90. The smallest absolute Gasteiger partial charge is 0.245 e. The third kappa shape index (κ3) is 4.19. The number of aliphatic imine (C=N–C) groups is 1. The minimum atomic E-state index is -0.00506. The molecule has 2 rings (SSSR count). The summed E-state index contributed by atoms with van der Waals surface area (Å²) in [6, 6.07) is 8.09. The molecular formula is C18H22N4O.